The van der Waals surface area contributed by atoms with Crippen molar-refractivity contribution < 1.29 is 27.5 Å². The van der Waals surface area contributed by atoms with Crippen LogP contribution in [0.4, 0.5) is 14.5 Å². The Morgan fingerprint density at radius 2 is 1.88 bits per heavy atom. The van der Waals surface area contributed by atoms with Crippen LogP contribution in [0.3, 0.4) is 0 Å². The molecule has 26 heavy (non-hydrogen) atoms. The number of rotatable bonds is 6. The van der Waals surface area contributed by atoms with E-state index in [-0.39, 0.29) is 11.4 Å². The number of ether oxygens (including phenoxy) is 1. The van der Waals surface area contributed by atoms with E-state index in [0.29, 0.717) is 22.4 Å². The van der Waals surface area contributed by atoms with E-state index in [4.69, 9.17) is 9.15 Å². The molecule has 0 saturated heterocycles. The van der Waals surface area contributed by atoms with Crippen molar-refractivity contribution in [3.05, 3.63) is 54.1 Å². The van der Waals surface area contributed by atoms with Crippen molar-refractivity contribution >= 4 is 40.4 Å². The van der Waals surface area contributed by atoms with Crippen LogP contribution in [0.25, 0.3) is 11.1 Å². The maximum absolute atomic E-state index is 13.0. The molecule has 3 rings (SSSR count). The second-order valence-corrected chi connectivity index (χ2v) is 6.03. The first-order valence-electron chi connectivity index (χ1n) is 7.39. The summed E-state index contributed by atoms with van der Waals surface area (Å²) in [6.07, 6.45) is 0. The molecule has 9 heteroatoms. The Hall–Kier alpha value is -2.94. The number of carbonyl (C=O) groups excluding carboxylic acids is 2. The first kappa shape index (κ1) is 17.9. The molecule has 1 aromatic heterocycles. The predicted molar refractivity (Wildman–Crippen MR) is 90.7 cm³/mol. The van der Waals surface area contributed by atoms with E-state index >= 15 is 0 Å². The third-order valence-electron chi connectivity index (χ3n) is 3.10. The molecular weight excluding hydrogens is 366 g/mol. The molecule has 3 aromatic rings. The second kappa shape index (κ2) is 7.96. The number of aromatic nitrogens is 1. The smallest absolute Gasteiger partial charge is 0.316 e. The van der Waals surface area contributed by atoms with Crippen molar-refractivity contribution in [2.75, 3.05) is 17.7 Å². The van der Waals surface area contributed by atoms with E-state index in [2.05, 4.69) is 10.3 Å². The molecule has 0 aliphatic carbocycles. The van der Waals surface area contributed by atoms with Crippen LogP contribution in [0.15, 0.2) is 52.1 Å². The number of amides is 1. The fraction of sp³-hybridized carbons (Fsp3) is 0.118. The van der Waals surface area contributed by atoms with Crippen LogP contribution in [0.2, 0.25) is 0 Å². The minimum absolute atomic E-state index is 0.0654. The van der Waals surface area contributed by atoms with Gasteiger partial charge >= 0.3 is 5.97 Å². The van der Waals surface area contributed by atoms with E-state index < -0.39 is 30.1 Å². The van der Waals surface area contributed by atoms with Crippen LogP contribution >= 0.6 is 11.8 Å². The van der Waals surface area contributed by atoms with Crippen molar-refractivity contribution in [2.45, 2.75) is 5.22 Å². The van der Waals surface area contributed by atoms with Gasteiger partial charge in [-0.05, 0) is 24.3 Å². The van der Waals surface area contributed by atoms with Crippen LogP contribution in [0.5, 0.6) is 0 Å². The molecule has 0 bridgehead atoms. The van der Waals surface area contributed by atoms with Crippen molar-refractivity contribution in [3.8, 4) is 0 Å². The van der Waals surface area contributed by atoms with Gasteiger partial charge in [0.2, 0.25) is 0 Å². The van der Waals surface area contributed by atoms with Gasteiger partial charge < -0.3 is 14.5 Å². The summed E-state index contributed by atoms with van der Waals surface area (Å²) in [6.45, 7) is -0.578. The number of para-hydroxylation sites is 2. The van der Waals surface area contributed by atoms with Crippen LogP contribution in [0.1, 0.15) is 0 Å². The molecule has 1 amide bonds. The van der Waals surface area contributed by atoms with E-state index in [1.165, 1.54) is 0 Å². The van der Waals surface area contributed by atoms with Gasteiger partial charge in [-0.2, -0.15) is 0 Å². The van der Waals surface area contributed by atoms with Gasteiger partial charge in [0, 0.05) is 11.8 Å². The molecule has 0 fully saturated rings. The molecule has 1 heterocycles. The number of benzene rings is 2. The molecule has 0 spiro atoms. The number of hydrogen-bond acceptors (Lipinski definition) is 6. The van der Waals surface area contributed by atoms with E-state index in [0.717, 1.165) is 23.9 Å². The average Bonchev–Trinajstić information content (AvgIpc) is 3.00. The lowest BCUT2D eigenvalue weighted by Crippen LogP contribution is -2.21. The maximum atomic E-state index is 13.0. The summed E-state index contributed by atoms with van der Waals surface area (Å²) in [5, 5.41) is 2.54. The van der Waals surface area contributed by atoms with Crippen LogP contribution in [0, 0.1) is 11.6 Å². The zero-order valence-electron chi connectivity index (χ0n) is 13.2. The third-order valence-corrected chi connectivity index (χ3v) is 3.90. The number of halogens is 2. The highest BCUT2D eigenvalue weighted by Gasteiger charge is 2.12. The van der Waals surface area contributed by atoms with Crippen molar-refractivity contribution in [1.82, 2.24) is 4.98 Å². The SMILES string of the molecule is O=C(COC(=O)CSc1nc2ccccc2o1)Nc1cc(F)cc(F)c1. The number of oxazole rings is 1. The molecule has 0 aliphatic heterocycles. The molecule has 0 saturated carbocycles. The van der Waals surface area contributed by atoms with E-state index in [1.54, 1.807) is 18.2 Å². The first-order valence-corrected chi connectivity index (χ1v) is 8.38. The summed E-state index contributed by atoms with van der Waals surface area (Å²) in [4.78, 5) is 27.5. The van der Waals surface area contributed by atoms with Gasteiger partial charge in [0.05, 0.1) is 0 Å². The lowest BCUT2D eigenvalue weighted by atomic mass is 10.3. The summed E-state index contributed by atoms with van der Waals surface area (Å²) in [5.74, 6) is -3.12. The fourth-order valence-electron chi connectivity index (χ4n) is 2.04. The Bertz CT molecular complexity index is 908. The predicted octanol–water partition coefficient (Wildman–Crippen LogP) is 3.38. The topological polar surface area (TPSA) is 81.4 Å². The molecule has 134 valence electrons. The highest BCUT2D eigenvalue weighted by atomic mass is 32.2. The largest absolute Gasteiger partial charge is 0.455 e. The Morgan fingerprint density at radius 1 is 1.15 bits per heavy atom. The zero-order chi connectivity index (χ0) is 18.5. The Kier molecular flexibility index (Phi) is 5.47. The molecule has 0 aliphatic rings. The van der Waals surface area contributed by atoms with Crippen molar-refractivity contribution in [1.29, 1.82) is 0 Å². The van der Waals surface area contributed by atoms with Gasteiger partial charge in [0.25, 0.3) is 11.1 Å². The molecule has 2 aromatic carbocycles. The van der Waals surface area contributed by atoms with Gasteiger partial charge in [-0.1, -0.05) is 23.9 Å². The molecule has 1 N–H and O–H groups in total. The highest BCUT2D eigenvalue weighted by Crippen LogP contribution is 2.23. The van der Waals surface area contributed by atoms with Gasteiger partial charge in [0.15, 0.2) is 12.2 Å². The number of thioether (sulfide) groups is 1. The summed E-state index contributed by atoms with van der Waals surface area (Å²) in [7, 11) is 0. The van der Waals surface area contributed by atoms with Gasteiger partial charge in [-0.15, -0.1) is 0 Å². The summed E-state index contributed by atoms with van der Waals surface area (Å²) in [5.41, 5.74) is 1.21. The van der Waals surface area contributed by atoms with Gasteiger partial charge in [0.1, 0.15) is 22.9 Å². The van der Waals surface area contributed by atoms with Gasteiger partial charge in [-0.3, -0.25) is 9.59 Å². The summed E-state index contributed by atoms with van der Waals surface area (Å²) < 4.78 is 36.3. The van der Waals surface area contributed by atoms with Crippen molar-refractivity contribution in [2.24, 2.45) is 0 Å². The maximum Gasteiger partial charge on any atom is 0.316 e. The Labute approximate surface area is 150 Å². The number of nitrogens with one attached hydrogen (secondary N) is 1. The molecular formula is C17H12F2N2O4S. The molecule has 0 radical (unpaired) electrons. The lowest BCUT2D eigenvalue weighted by Gasteiger charge is -2.06. The normalized spacial score (nSPS) is 10.7. The van der Waals surface area contributed by atoms with Crippen molar-refractivity contribution in [3.63, 3.8) is 0 Å². The minimum Gasteiger partial charge on any atom is -0.455 e. The molecule has 0 atom stereocenters. The standard InChI is InChI=1S/C17H12F2N2O4S/c18-10-5-11(19)7-12(6-10)20-15(22)8-24-16(23)9-26-17-21-13-3-1-2-4-14(13)25-17/h1-7H,8-9H2,(H,20,22). The third kappa shape index (κ3) is 4.79. The fourth-order valence-corrected chi connectivity index (χ4v) is 2.68. The average molecular weight is 378 g/mol. The summed E-state index contributed by atoms with van der Waals surface area (Å²) in [6, 6.07) is 9.73. The van der Waals surface area contributed by atoms with Crippen LogP contribution < -0.4 is 5.32 Å². The Morgan fingerprint density at radius 3 is 2.62 bits per heavy atom. The number of hydrogen-bond donors (Lipinski definition) is 1. The number of anilines is 1. The van der Waals surface area contributed by atoms with Gasteiger partial charge in [-0.25, -0.2) is 13.8 Å². The number of nitrogens with zero attached hydrogens (tertiary/aromatic N) is 1. The Balaban J connectivity index is 1.45. The monoisotopic (exact) mass is 378 g/mol. The minimum atomic E-state index is -0.827. The first-order chi connectivity index (χ1) is 12.5. The van der Waals surface area contributed by atoms with Crippen LogP contribution in [-0.4, -0.2) is 29.2 Å². The van der Waals surface area contributed by atoms with E-state index in [1.807, 2.05) is 6.07 Å². The quantitative estimate of drug-likeness (QED) is 0.523. The number of esters is 1. The van der Waals surface area contributed by atoms with Crippen LogP contribution in [-0.2, 0) is 14.3 Å². The number of fused-ring (bicyclic) bond motifs is 1. The molecule has 6 nitrogen and oxygen atoms in total. The highest BCUT2D eigenvalue weighted by molar-refractivity contribution is 7.99. The molecule has 0 unspecified atom stereocenters. The van der Waals surface area contributed by atoms with E-state index in [9.17, 15) is 18.4 Å². The lowest BCUT2D eigenvalue weighted by molar-refractivity contribution is -0.144. The number of carbonyl (C=O) groups is 2. The summed E-state index contributed by atoms with van der Waals surface area (Å²) >= 11 is 1.03. The zero-order valence-corrected chi connectivity index (χ0v) is 14.0. The second-order valence-electron chi connectivity index (χ2n) is 5.10.